The van der Waals surface area contributed by atoms with Crippen molar-refractivity contribution in [3.63, 3.8) is 0 Å². The molecule has 0 radical (unpaired) electrons. The second kappa shape index (κ2) is 28.7. The third kappa shape index (κ3) is 13.7. The summed E-state index contributed by atoms with van der Waals surface area (Å²) in [7, 11) is 6.60. The molecule has 6 aliphatic heterocycles. The van der Waals surface area contributed by atoms with Gasteiger partial charge in [-0.3, -0.25) is 42.5 Å². The highest BCUT2D eigenvalue weighted by molar-refractivity contribution is 5.96. The summed E-state index contributed by atoms with van der Waals surface area (Å²) in [6.07, 6.45) is 29.2. The maximum Gasteiger partial charge on any atom is 0.270 e. The molecular formula is C84H84F3N15O3. The number of aromatic nitrogens is 9. The van der Waals surface area contributed by atoms with E-state index in [-0.39, 0.29) is 53.3 Å². The van der Waals surface area contributed by atoms with Crippen molar-refractivity contribution in [2.24, 2.45) is 0 Å². The molecule has 6 atom stereocenters. The van der Waals surface area contributed by atoms with Gasteiger partial charge in [-0.25, -0.2) is 28.1 Å². The molecular weight excluding hydrogens is 1320 g/mol. The monoisotopic (exact) mass is 1410 g/mol. The van der Waals surface area contributed by atoms with Gasteiger partial charge >= 0.3 is 0 Å². The quantitative estimate of drug-likeness (QED) is 0.105. The molecule has 21 heteroatoms. The Morgan fingerprint density at radius 1 is 0.352 bits per heavy atom. The zero-order valence-electron chi connectivity index (χ0n) is 59.7. The first-order valence-electron chi connectivity index (χ1n) is 36.6. The van der Waals surface area contributed by atoms with E-state index in [0.29, 0.717) is 87.0 Å². The van der Waals surface area contributed by atoms with E-state index in [1.165, 1.54) is 56.7 Å². The van der Waals surface area contributed by atoms with Crippen LogP contribution in [0.3, 0.4) is 0 Å². The number of nitrogens with zero attached hydrogens (tertiary/aromatic N) is 12. The van der Waals surface area contributed by atoms with Gasteiger partial charge in [-0.05, 0) is 245 Å². The zero-order chi connectivity index (χ0) is 72.3. The standard InChI is InChI=1S/3C28H28FN5O/c3*1-17-12-18(5-9-24(17)29)27-23(4-3-11-30-27)19-6-10-26-31-15-25(34(26)16-19)28(35)32-20-13-21-7-8-22(14-20)33(21)2/h3*3-6,9-12,15-16,20-22H,7-8,13-14H2,1-2H3,(H,32,35). The number of benzene rings is 3. The highest BCUT2D eigenvalue weighted by Crippen LogP contribution is 2.40. The Balaban J connectivity index is 0.000000121. The molecule has 0 aliphatic carbocycles. The van der Waals surface area contributed by atoms with Crippen LogP contribution < -0.4 is 16.0 Å². The van der Waals surface area contributed by atoms with E-state index in [1.807, 2.05) is 123 Å². The number of halogens is 3. The van der Waals surface area contributed by atoms with Gasteiger partial charge in [0.15, 0.2) is 0 Å². The SMILES string of the molecule is Cc1cc(-c2ncccc2-c2ccc3ncc(C(=O)NC4CC5CCC(C4)N5C)n3c2)ccc1F.Cc1cc(-c2ncccc2-c2ccc3ncc(C(=O)NC4CC5CCC(C4)N5C)n3c2)ccc1F.Cc1cc(-c2ncccc2-c2ccc3ncc(C(=O)NC4CC5CCC(C4)N5C)n3c2)ccc1F. The minimum Gasteiger partial charge on any atom is -0.348 e. The number of imidazole rings is 3. The molecule has 18 nitrogen and oxygen atoms in total. The minimum atomic E-state index is -0.237. The summed E-state index contributed by atoms with van der Waals surface area (Å²) >= 11 is 0. The Labute approximate surface area is 607 Å². The number of nitrogens with one attached hydrogen (secondary N) is 3. The Morgan fingerprint density at radius 2 is 0.610 bits per heavy atom. The van der Waals surface area contributed by atoms with Gasteiger partial charge in [0.05, 0.1) is 35.7 Å². The van der Waals surface area contributed by atoms with Crippen LogP contribution in [-0.2, 0) is 0 Å². The van der Waals surface area contributed by atoms with Crippen LogP contribution in [0.15, 0.2) is 183 Å². The molecule has 15 heterocycles. The van der Waals surface area contributed by atoms with E-state index >= 15 is 0 Å². The maximum absolute atomic E-state index is 13.9. The summed E-state index contributed by atoms with van der Waals surface area (Å²) in [5, 5.41) is 9.81. The van der Waals surface area contributed by atoms with Crippen LogP contribution in [0.25, 0.3) is 84.1 Å². The van der Waals surface area contributed by atoms with Gasteiger partial charge in [-0.2, -0.15) is 0 Å². The average molecular weight is 1410 g/mol. The van der Waals surface area contributed by atoms with Gasteiger partial charge < -0.3 is 30.7 Å². The summed E-state index contributed by atoms with van der Waals surface area (Å²) in [5.74, 6) is -0.990. The molecule has 3 N–H and O–H groups in total. The molecule has 6 bridgehead atoms. The number of rotatable bonds is 12. The maximum atomic E-state index is 13.9. The van der Waals surface area contributed by atoms with Crippen molar-refractivity contribution in [1.82, 2.24) is 73.8 Å². The lowest BCUT2D eigenvalue weighted by molar-refractivity contribution is 0.0868. The number of piperidine rings is 3. The molecule has 18 rings (SSSR count). The van der Waals surface area contributed by atoms with Gasteiger partial charge in [0.2, 0.25) is 0 Å². The van der Waals surface area contributed by atoms with Gasteiger partial charge in [0, 0.05) is 142 Å². The number of amides is 3. The van der Waals surface area contributed by atoms with E-state index in [0.717, 1.165) is 106 Å². The van der Waals surface area contributed by atoms with E-state index < -0.39 is 0 Å². The van der Waals surface area contributed by atoms with Crippen molar-refractivity contribution >= 4 is 34.7 Å². The lowest BCUT2D eigenvalue weighted by atomic mass is 9.98. The largest absolute Gasteiger partial charge is 0.348 e. The molecule has 12 aromatic rings. The molecule has 105 heavy (non-hydrogen) atoms. The van der Waals surface area contributed by atoms with E-state index in [4.69, 9.17) is 0 Å². The number of hydrogen-bond acceptors (Lipinski definition) is 12. The van der Waals surface area contributed by atoms with Gasteiger partial charge in [-0.15, -0.1) is 0 Å². The van der Waals surface area contributed by atoms with Crippen LogP contribution in [0.1, 0.15) is 125 Å². The van der Waals surface area contributed by atoms with Crippen LogP contribution in [-0.4, -0.2) is 151 Å². The van der Waals surface area contributed by atoms with Crippen LogP contribution in [0.4, 0.5) is 13.2 Å². The van der Waals surface area contributed by atoms with Crippen molar-refractivity contribution < 1.29 is 27.6 Å². The predicted molar refractivity (Wildman–Crippen MR) is 401 cm³/mol. The number of hydrogen-bond donors (Lipinski definition) is 3. The van der Waals surface area contributed by atoms with Crippen LogP contribution in [0.5, 0.6) is 0 Å². The van der Waals surface area contributed by atoms with Crippen molar-refractivity contribution in [3.05, 3.63) is 234 Å². The molecule has 9 aromatic heterocycles. The Hall–Kier alpha value is -10.7. The molecule has 6 aliphatic rings. The highest BCUT2D eigenvalue weighted by atomic mass is 19.1. The molecule has 3 aromatic carbocycles. The minimum absolute atomic E-state index is 0.0934. The van der Waals surface area contributed by atoms with Crippen molar-refractivity contribution in [2.45, 2.75) is 152 Å². The van der Waals surface area contributed by atoms with Crippen molar-refractivity contribution in [1.29, 1.82) is 0 Å². The summed E-state index contributed by atoms with van der Waals surface area (Å²) in [6.45, 7) is 5.25. The third-order valence-corrected chi connectivity index (χ3v) is 23.2. The molecule has 534 valence electrons. The number of fused-ring (bicyclic) bond motifs is 9. The fraction of sp³-hybridized carbons (Fsp3) is 0.321. The van der Waals surface area contributed by atoms with Crippen molar-refractivity contribution in [2.75, 3.05) is 21.1 Å². The lowest BCUT2D eigenvalue weighted by Crippen LogP contribution is -2.48. The van der Waals surface area contributed by atoms with Crippen LogP contribution >= 0.6 is 0 Å². The molecule has 0 spiro atoms. The highest BCUT2D eigenvalue weighted by Gasteiger charge is 2.42. The first-order chi connectivity index (χ1) is 50.9. The normalized spacial score (nSPS) is 22.0. The van der Waals surface area contributed by atoms with Gasteiger partial charge in [0.1, 0.15) is 51.5 Å². The van der Waals surface area contributed by atoms with E-state index in [9.17, 15) is 27.6 Å². The first kappa shape index (κ1) is 68.7. The summed E-state index contributed by atoms with van der Waals surface area (Å²) < 4.78 is 47.1. The fourth-order valence-corrected chi connectivity index (χ4v) is 17.3. The Morgan fingerprint density at radius 3 is 0.867 bits per heavy atom. The predicted octanol–water partition coefficient (Wildman–Crippen LogP) is 14.6. The summed E-state index contributed by atoms with van der Waals surface area (Å²) in [6, 6.07) is 42.3. The first-order valence-corrected chi connectivity index (χ1v) is 36.6. The number of aryl methyl sites for hydroxylation is 3. The van der Waals surface area contributed by atoms with Crippen LogP contribution in [0, 0.1) is 38.2 Å². The third-order valence-electron chi connectivity index (χ3n) is 23.2. The summed E-state index contributed by atoms with van der Waals surface area (Å²) in [4.78, 5) is 74.4. The smallest absolute Gasteiger partial charge is 0.270 e. The fourth-order valence-electron chi connectivity index (χ4n) is 17.3. The zero-order valence-corrected chi connectivity index (χ0v) is 59.7. The molecule has 6 fully saturated rings. The Bertz CT molecular complexity index is 4760. The molecule has 0 saturated carbocycles. The van der Waals surface area contributed by atoms with E-state index in [2.05, 4.69) is 81.7 Å². The van der Waals surface area contributed by atoms with Gasteiger partial charge in [0.25, 0.3) is 17.7 Å². The number of carbonyl (C=O) groups excluding carboxylic acids is 3. The van der Waals surface area contributed by atoms with Crippen LogP contribution in [0.2, 0.25) is 0 Å². The number of pyridine rings is 6. The second-order valence-electron chi connectivity index (χ2n) is 29.5. The average Bonchev–Trinajstić information content (AvgIpc) is 1.70. The number of carbonyl (C=O) groups is 3. The Kier molecular flexibility index (Phi) is 18.8. The topological polar surface area (TPSA) is 188 Å². The second-order valence-corrected chi connectivity index (χ2v) is 29.5. The van der Waals surface area contributed by atoms with Crippen molar-refractivity contribution in [3.8, 4) is 67.2 Å². The molecule has 6 saturated heterocycles. The molecule has 3 amide bonds. The summed E-state index contributed by atoms with van der Waals surface area (Å²) in [5.41, 5.74) is 15.7. The van der Waals surface area contributed by atoms with E-state index in [1.54, 1.807) is 76.2 Å². The lowest BCUT2D eigenvalue weighted by Gasteiger charge is -2.36. The van der Waals surface area contributed by atoms with Gasteiger partial charge in [-0.1, -0.05) is 18.2 Å². The molecule has 6 unspecified atom stereocenters.